The fourth-order valence-corrected chi connectivity index (χ4v) is 3.35. The molecule has 3 rings (SSSR count). The van der Waals surface area contributed by atoms with Crippen molar-refractivity contribution >= 4 is 21.1 Å². The summed E-state index contributed by atoms with van der Waals surface area (Å²) in [5.74, 6) is 0. The third-order valence-corrected chi connectivity index (χ3v) is 4.40. The van der Waals surface area contributed by atoms with E-state index >= 15 is 0 Å². The van der Waals surface area contributed by atoms with Gasteiger partial charge in [-0.1, -0.05) is 12.1 Å². The Bertz CT molecular complexity index is 641. The second kappa shape index (κ2) is 4.92. The van der Waals surface area contributed by atoms with Crippen LogP contribution < -0.4 is 10.0 Å². The third kappa shape index (κ3) is 2.63. The molecular weight excluding hydrogens is 266 g/mol. The third-order valence-electron chi connectivity index (χ3n) is 3.12. The van der Waals surface area contributed by atoms with Crippen molar-refractivity contribution in [2.45, 2.75) is 24.1 Å². The molecule has 1 aromatic carbocycles. The summed E-state index contributed by atoms with van der Waals surface area (Å²) in [4.78, 5) is 4.01. The summed E-state index contributed by atoms with van der Waals surface area (Å²) in [6.07, 6.45) is 1.78. The number of fused-ring (bicyclic) bond motifs is 1. The summed E-state index contributed by atoms with van der Waals surface area (Å²) < 4.78 is 32.3. The first-order valence-electron chi connectivity index (χ1n) is 6.24. The Balaban J connectivity index is 1.86. The molecule has 1 aliphatic rings. The van der Waals surface area contributed by atoms with Gasteiger partial charge in [-0.25, -0.2) is 13.1 Å². The normalized spacial score (nSPS) is 20.7. The van der Waals surface area contributed by atoms with Crippen LogP contribution in [0.3, 0.4) is 0 Å². The molecule has 1 fully saturated rings. The largest absolute Gasteiger partial charge is 0.427 e. The lowest BCUT2D eigenvalue weighted by atomic mass is 10.1. The van der Waals surface area contributed by atoms with E-state index in [1.54, 1.807) is 24.3 Å². The van der Waals surface area contributed by atoms with E-state index in [0.717, 1.165) is 19.4 Å². The van der Waals surface area contributed by atoms with E-state index in [4.69, 9.17) is 4.42 Å². The fraction of sp³-hybridized carbons (Fsp3) is 0.417. The van der Waals surface area contributed by atoms with Gasteiger partial charge in [0.1, 0.15) is 5.52 Å². The van der Waals surface area contributed by atoms with Gasteiger partial charge in [0.15, 0.2) is 5.58 Å². The number of para-hydroxylation sites is 2. The zero-order valence-electron chi connectivity index (χ0n) is 10.3. The van der Waals surface area contributed by atoms with Crippen molar-refractivity contribution in [3.05, 3.63) is 24.3 Å². The Morgan fingerprint density at radius 1 is 1.37 bits per heavy atom. The molecule has 6 nitrogen and oxygen atoms in total. The van der Waals surface area contributed by atoms with Crippen LogP contribution in [0.1, 0.15) is 12.8 Å². The smallest absolute Gasteiger partial charge is 0.331 e. The Morgan fingerprint density at radius 3 is 2.95 bits per heavy atom. The molecule has 1 aliphatic heterocycles. The predicted molar refractivity (Wildman–Crippen MR) is 70.2 cm³/mol. The molecule has 1 saturated heterocycles. The Labute approximate surface area is 111 Å². The van der Waals surface area contributed by atoms with Crippen LogP contribution in [-0.4, -0.2) is 32.5 Å². The molecule has 0 aliphatic carbocycles. The van der Waals surface area contributed by atoms with Crippen molar-refractivity contribution in [3.8, 4) is 0 Å². The van der Waals surface area contributed by atoms with Crippen molar-refractivity contribution < 1.29 is 12.8 Å². The first-order valence-corrected chi connectivity index (χ1v) is 7.72. The average molecular weight is 281 g/mol. The number of rotatable bonds is 3. The van der Waals surface area contributed by atoms with E-state index in [2.05, 4.69) is 15.0 Å². The van der Waals surface area contributed by atoms with E-state index in [1.165, 1.54) is 0 Å². The zero-order chi connectivity index (χ0) is 13.3. The highest BCUT2D eigenvalue weighted by Crippen LogP contribution is 2.18. The number of hydrogen-bond acceptors (Lipinski definition) is 5. The highest BCUT2D eigenvalue weighted by molar-refractivity contribution is 7.89. The first kappa shape index (κ1) is 12.6. The maximum atomic E-state index is 12.2. The molecule has 0 saturated carbocycles. The molecule has 2 N–H and O–H groups in total. The number of benzene rings is 1. The van der Waals surface area contributed by atoms with Gasteiger partial charge >= 0.3 is 5.22 Å². The number of piperidine rings is 1. The van der Waals surface area contributed by atoms with Crippen molar-refractivity contribution in [2.24, 2.45) is 0 Å². The first-order chi connectivity index (χ1) is 9.15. The summed E-state index contributed by atoms with van der Waals surface area (Å²) in [6.45, 7) is 1.57. The van der Waals surface area contributed by atoms with Gasteiger partial charge in [-0.2, -0.15) is 4.98 Å². The molecule has 0 bridgehead atoms. The summed E-state index contributed by atoms with van der Waals surface area (Å²) in [7, 11) is -3.69. The van der Waals surface area contributed by atoms with Gasteiger partial charge in [-0.05, 0) is 31.5 Å². The minimum Gasteiger partial charge on any atom is -0.427 e. The zero-order valence-corrected chi connectivity index (χ0v) is 11.1. The quantitative estimate of drug-likeness (QED) is 0.871. The highest BCUT2D eigenvalue weighted by atomic mass is 32.2. The lowest BCUT2D eigenvalue weighted by Crippen LogP contribution is -2.45. The predicted octanol–water partition coefficient (Wildman–Crippen LogP) is 0.858. The number of sulfonamides is 1. The van der Waals surface area contributed by atoms with Crippen LogP contribution in [0.25, 0.3) is 11.1 Å². The molecule has 1 aromatic heterocycles. The van der Waals surface area contributed by atoms with E-state index in [9.17, 15) is 8.42 Å². The van der Waals surface area contributed by atoms with Crippen molar-refractivity contribution in [1.82, 2.24) is 15.0 Å². The van der Waals surface area contributed by atoms with E-state index in [1.807, 2.05) is 0 Å². The maximum absolute atomic E-state index is 12.2. The number of hydrogen-bond donors (Lipinski definition) is 2. The minimum atomic E-state index is -3.69. The molecule has 2 heterocycles. The number of nitrogens with zero attached hydrogens (tertiary/aromatic N) is 1. The van der Waals surface area contributed by atoms with Gasteiger partial charge in [0.2, 0.25) is 0 Å². The minimum absolute atomic E-state index is 0.103. The molecule has 102 valence electrons. The molecule has 1 unspecified atom stereocenters. The molecule has 2 aromatic rings. The van der Waals surface area contributed by atoms with Crippen LogP contribution >= 0.6 is 0 Å². The topological polar surface area (TPSA) is 84.2 Å². The Morgan fingerprint density at radius 2 is 2.21 bits per heavy atom. The highest BCUT2D eigenvalue weighted by Gasteiger charge is 2.26. The van der Waals surface area contributed by atoms with Gasteiger partial charge in [-0.3, -0.25) is 0 Å². The van der Waals surface area contributed by atoms with Crippen molar-refractivity contribution in [1.29, 1.82) is 0 Å². The summed E-state index contributed by atoms with van der Waals surface area (Å²) >= 11 is 0. The van der Waals surface area contributed by atoms with Gasteiger partial charge in [0.05, 0.1) is 0 Å². The molecule has 1 atom stereocenters. The summed E-state index contributed by atoms with van der Waals surface area (Å²) in [5, 5.41) is 2.89. The lowest BCUT2D eigenvalue weighted by Gasteiger charge is -2.22. The molecule has 7 heteroatoms. The second-order valence-electron chi connectivity index (χ2n) is 4.61. The van der Waals surface area contributed by atoms with E-state index in [-0.39, 0.29) is 11.3 Å². The molecule has 0 amide bonds. The Hall–Kier alpha value is -1.44. The van der Waals surface area contributed by atoms with Gasteiger partial charge < -0.3 is 9.73 Å². The van der Waals surface area contributed by atoms with Crippen LogP contribution in [0.4, 0.5) is 0 Å². The van der Waals surface area contributed by atoms with Gasteiger partial charge in [0, 0.05) is 12.6 Å². The summed E-state index contributed by atoms with van der Waals surface area (Å²) in [5.41, 5.74) is 1.02. The molecule has 0 spiro atoms. The monoisotopic (exact) mass is 281 g/mol. The fourth-order valence-electron chi connectivity index (χ4n) is 2.19. The maximum Gasteiger partial charge on any atom is 0.331 e. The van der Waals surface area contributed by atoms with Crippen LogP contribution in [0.2, 0.25) is 0 Å². The van der Waals surface area contributed by atoms with Crippen LogP contribution in [-0.2, 0) is 10.0 Å². The number of nitrogens with one attached hydrogen (secondary N) is 2. The SMILES string of the molecule is O=S(=O)(NC1CCCNC1)c1nc2ccccc2o1. The molecular formula is C12H15N3O3S. The number of aromatic nitrogens is 1. The van der Waals surface area contributed by atoms with Crippen molar-refractivity contribution in [2.75, 3.05) is 13.1 Å². The van der Waals surface area contributed by atoms with Crippen molar-refractivity contribution in [3.63, 3.8) is 0 Å². The van der Waals surface area contributed by atoms with Crippen LogP contribution in [0.15, 0.2) is 33.9 Å². The van der Waals surface area contributed by atoms with Crippen LogP contribution in [0.5, 0.6) is 0 Å². The van der Waals surface area contributed by atoms with Gasteiger partial charge in [0.25, 0.3) is 10.0 Å². The Kier molecular flexibility index (Phi) is 3.26. The number of oxazole rings is 1. The second-order valence-corrected chi connectivity index (χ2v) is 6.20. The molecule has 19 heavy (non-hydrogen) atoms. The average Bonchev–Trinajstić information content (AvgIpc) is 2.84. The van der Waals surface area contributed by atoms with Gasteiger partial charge in [-0.15, -0.1) is 0 Å². The lowest BCUT2D eigenvalue weighted by molar-refractivity contribution is 0.411. The van der Waals surface area contributed by atoms with Crippen LogP contribution in [0, 0.1) is 0 Å². The molecule has 0 radical (unpaired) electrons. The van der Waals surface area contributed by atoms with E-state index < -0.39 is 10.0 Å². The summed E-state index contributed by atoms with van der Waals surface area (Å²) in [6, 6.07) is 6.89. The van der Waals surface area contributed by atoms with E-state index in [0.29, 0.717) is 17.6 Å². The standard InChI is InChI=1S/C12H15N3O3S/c16-19(17,15-9-4-3-7-13-8-9)12-14-10-5-1-2-6-11(10)18-12/h1-2,5-6,9,13,15H,3-4,7-8H2.